The zero-order valence-corrected chi connectivity index (χ0v) is 13.7. The molecule has 2 unspecified atom stereocenters. The molecule has 1 heterocycles. The van der Waals surface area contributed by atoms with Crippen LogP contribution in [0.2, 0.25) is 0 Å². The van der Waals surface area contributed by atoms with Gasteiger partial charge in [0.25, 0.3) is 0 Å². The number of hydrogen-bond donors (Lipinski definition) is 1. The highest BCUT2D eigenvalue weighted by Crippen LogP contribution is 2.25. The summed E-state index contributed by atoms with van der Waals surface area (Å²) in [5.74, 6) is 1.33. The highest BCUT2D eigenvalue weighted by molar-refractivity contribution is 5.79. The van der Waals surface area contributed by atoms with Crippen LogP contribution >= 0.6 is 0 Å². The lowest BCUT2D eigenvalue weighted by molar-refractivity contribution is -0.149. The van der Waals surface area contributed by atoms with E-state index in [1.54, 1.807) is 6.92 Å². The average Bonchev–Trinajstić information content (AvgIpc) is 2.62. The van der Waals surface area contributed by atoms with Crippen molar-refractivity contribution in [2.45, 2.75) is 58.9 Å². The number of carbonyl (C=O) groups is 1. The number of nitrogens with two attached hydrogens (primary N) is 1. The SMILES string of the molecule is CCOC(=O)C(C)(N)CCN1CCCC(C(C)C)CC1. The molecule has 0 spiro atoms. The minimum absolute atomic E-state index is 0.283. The summed E-state index contributed by atoms with van der Waals surface area (Å²) in [5, 5.41) is 0. The first-order valence-corrected chi connectivity index (χ1v) is 8.05. The molecule has 4 heteroatoms. The summed E-state index contributed by atoms with van der Waals surface area (Å²) in [7, 11) is 0. The Labute approximate surface area is 124 Å². The Morgan fingerprint density at radius 2 is 2.10 bits per heavy atom. The Morgan fingerprint density at radius 3 is 2.70 bits per heavy atom. The number of likely N-dealkylation sites (tertiary alicyclic amines) is 1. The van der Waals surface area contributed by atoms with E-state index in [0.29, 0.717) is 13.0 Å². The second-order valence-electron chi connectivity index (χ2n) is 6.66. The van der Waals surface area contributed by atoms with E-state index in [9.17, 15) is 4.79 Å². The Hall–Kier alpha value is -0.610. The van der Waals surface area contributed by atoms with Crippen LogP contribution in [0.4, 0.5) is 0 Å². The summed E-state index contributed by atoms with van der Waals surface area (Å²) in [5.41, 5.74) is 5.22. The third-order valence-corrected chi connectivity index (χ3v) is 4.50. The van der Waals surface area contributed by atoms with Gasteiger partial charge in [-0.15, -0.1) is 0 Å². The quantitative estimate of drug-likeness (QED) is 0.761. The van der Waals surface area contributed by atoms with E-state index in [4.69, 9.17) is 10.5 Å². The Balaban J connectivity index is 2.39. The van der Waals surface area contributed by atoms with Crippen molar-refractivity contribution < 1.29 is 9.53 Å². The fraction of sp³-hybridized carbons (Fsp3) is 0.938. The highest BCUT2D eigenvalue weighted by atomic mass is 16.5. The molecule has 0 aromatic rings. The molecule has 0 bridgehead atoms. The van der Waals surface area contributed by atoms with Gasteiger partial charge in [-0.2, -0.15) is 0 Å². The van der Waals surface area contributed by atoms with Gasteiger partial charge in [-0.1, -0.05) is 13.8 Å². The van der Waals surface area contributed by atoms with Crippen molar-refractivity contribution in [3.63, 3.8) is 0 Å². The molecule has 0 saturated carbocycles. The van der Waals surface area contributed by atoms with Crippen LogP contribution in [-0.4, -0.2) is 42.6 Å². The molecule has 20 heavy (non-hydrogen) atoms. The summed E-state index contributed by atoms with van der Waals surface area (Å²) in [6, 6.07) is 0. The summed E-state index contributed by atoms with van der Waals surface area (Å²) >= 11 is 0. The van der Waals surface area contributed by atoms with Gasteiger partial charge in [0.2, 0.25) is 0 Å². The van der Waals surface area contributed by atoms with Crippen LogP contribution in [0.15, 0.2) is 0 Å². The highest BCUT2D eigenvalue weighted by Gasteiger charge is 2.30. The zero-order valence-electron chi connectivity index (χ0n) is 13.7. The molecule has 0 radical (unpaired) electrons. The van der Waals surface area contributed by atoms with E-state index >= 15 is 0 Å². The summed E-state index contributed by atoms with van der Waals surface area (Å²) in [4.78, 5) is 14.2. The van der Waals surface area contributed by atoms with E-state index < -0.39 is 5.54 Å². The van der Waals surface area contributed by atoms with Crippen molar-refractivity contribution in [2.75, 3.05) is 26.2 Å². The number of rotatable bonds is 6. The van der Waals surface area contributed by atoms with Crippen molar-refractivity contribution in [3.05, 3.63) is 0 Å². The van der Waals surface area contributed by atoms with E-state index in [1.165, 1.54) is 19.3 Å². The van der Waals surface area contributed by atoms with Crippen LogP contribution in [0.1, 0.15) is 53.4 Å². The Kier molecular flexibility index (Phi) is 6.96. The van der Waals surface area contributed by atoms with Crippen LogP contribution in [-0.2, 0) is 9.53 Å². The van der Waals surface area contributed by atoms with Gasteiger partial charge >= 0.3 is 5.97 Å². The summed E-state index contributed by atoms with van der Waals surface area (Å²) in [6.45, 7) is 11.8. The number of hydrogen-bond acceptors (Lipinski definition) is 4. The molecular formula is C16H32N2O2. The molecule has 1 rings (SSSR count). The maximum Gasteiger partial charge on any atom is 0.325 e. The van der Waals surface area contributed by atoms with Crippen LogP contribution in [0, 0.1) is 11.8 Å². The lowest BCUT2D eigenvalue weighted by Crippen LogP contribution is -2.48. The molecule has 0 aromatic carbocycles. The minimum Gasteiger partial charge on any atom is -0.465 e. The predicted octanol–water partition coefficient (Wildman–Crippen LogP) is 2.42. The fourth-order valence-electron chi connectivity index (χ4n) is 2.86. The van der Waals surface area contributed by atoms with Gasteiger partial charge in [-0.25, -0.2) is 0 Å². The molecule has 4 nitrogen and oxygen atoms in total. The average molecular weight is 284 g/mol. The molecule has 2 atom stereocenters. The first-order chi connectivity index (χ1) is 9.36. The molecule has 1 aliphatic rings. The third kappa shape index (κ3) is 5.41. The topological polar surface area (TPSA) is 55.6 Å². The number of esters is 1. The first-order valence-electron chi connectivity index (χ1n) is 8.05. The molecular weight excluding hydrogens is 252 g/mol. The van der Waals surface area contributed by atoms with Gasteiger partial charge < -0.3 is 15.4 Å². The van der Waals surface area contributed by atoms with Gasteiger partial charge in [0.15, 0.2) is 0 Å². The lowest BCUT2D eigenvalue weighted by Gasteiger charge is -2.27. The molecule has 0 aromatic heterocycles. The number of carbonyl (C=O) groups excluding carboxylic acids is 1. The molecule has 1 aliphatic heterocycles. The van der Waals surface area contributed by atoms with Gasteiger partial charge in [0.05, 0.1) is 6.61 Å². The Bertz CT molecular complexity index is 303. The van der Waals surface area contributed by atoms with E-state index in [0.717, 1.165) is 31.5 Å². The molecule has 118 valence electrons. The van der Waals surface area contributed by atoms with Gasteiger partial charge in [-0.05, 0) is 64.5 Å². The molecule has 1 fully saturated rings. The van der Waals surface area contributed by atoms with Crippen molar-refractivity contribution in [2.24, 2.45) is 17.6 Å². The standard InChI is InChI=1S/C16H32N2O2/c1-5-20-15(19)16(4,17)9-12-18-10-6-7-14(8-11-18)13(2)3/h13-14H,5-12,17H2,1-4H3. The van der Waals surface area contributed by atoms with E-state index in [2.05, 4.69) is 18.7 Å². The largest absolute Gasteiger partial charge is 0.465 e. The zero-order chi connectivity index (χ0) is 15.2. The van der Waals surface area contributed by atoms with E-state index in [-0.39, 0.29) is 5.97 Å². The van der Waals surface area contributed by atoms with E-state index in [1.807, 2.05) is 6.92 Å². The summed E-state index contributed by atoms with van der Waals surface area (Å²) < 4.78 is 5.04. The molecule has 1 saturated heterocycles. The van der Waals surface area contributed by atoms with Crippen molar-refractivity contribution in [1.29, 1.82) is 0 Å². The fourth-order valence-corrected chi connectivity index (χ4v) is 2.86. The van der Waals surface area contributed by atoms with Crippen LogP contribution in [0.5, 0.6) is 0 Å². The minimum atomic E-state index is -0.861. The van der Waals surface area contributed by atoms with Gasteiger partial charge in [-0.3, -0.25) is 4.79 Å². The van der Waals surface area contributed by atoms with Crippen LogP contribution in [0.25, 0.3) is 0 Å². The van der Waals surface area contributed by atoms with Crippen molar-refractivity contribution >= 4 is 5.97 Å². The lowest BCUT2D eigenvalue weighted by atomic mass is 9.89. The second kappa shape index (κ2) is 7.99. The number of ether oxygens (including phenoxy) is 1. The number of nitrogens with zero attached hydrogens (tertiary/aromatic N) is 1. The molecule has 0 aliphatic carbocycles. The van der Waals surface area contributed by atoms with Gasteiger partial charge in [0, 0.05) is 6.54 Å². The predicted molar refractivity (Wildman–Crippen MR) is 82.5 cm³/mol. The van der Waals surface area contributed by atoms with Crippen molar-refractivity contribution in [1.82, 2.24) is 4.90 Å². The second-order valence-corrected chi connectivity index (χ2v) is 6.66. The molecule has 0 amide bonds. The smallest absolute Gasteiger partial charge is 0.325 e. The normalized spacial score (nSPS) is 24.2. The monoisotopic (exact) mass is 284 g/mol. The summed E-state index contributed by atoms with van der Waals surface area (Å²) in [6.07, 6.45) is 4.51. The van der Waals surface area contributed by atoms with Crippen molar-refractivity contribution in [3.8, 4) is 0 Å². The van der Waals surface area contributed by atoms with Crippen LogP contribution < -0.4 is 5.73 Å². The third-order valence-electron chi connectivity index (χ3n) is 4.50. The van der Waals surface area contributed by atoms with Crippen LogP contribution in [0.3, 0.4) is 0 Å². The molecule has 2 N–H and O–H groups in total. The Morgan fingerprint density at radius 1 is 1.40 bits per heavy atom. The maximum atomic E-state index is 11.8. The first kappa shape index (κ1) is 17.4. The maximum absolute atomic E-state index is 11.8. The van der Waals surface area contributed by atoms with Gasteiger partial charge in [0.1, 0.15) is 5.54 Å².